The molecule has 0 aromatic carbocycles. The van der Waals surface area contributed by atoms with Crippen molar-refractivity contribution < 1.29 is 9.84 Å². The Morgan fingerprint density at radius 2 is 2.35 bits per heavy atom. The molecular formula is C13H24ClNO2. The van der Waals surface area contributed by atoms with Gasteiger partial charge in [-0.25, -0.2) is 0 Å². The Morgan fingerprint density at radius 3 is 3.00 bits per heavy atom. The monoisotopic (exact) mass is 261 g/mol. The zero-order valence-electron chi connectivity index (χ0n) is 10.6. The Balaban J connectivity index is 2.06. The molecule has 0 bridgehead atoms. The number of aliphatic hydroxyl groups excluding tert-OH is 1. The minimum absolute atomic E-state index is 0.330. The van der Waals surface area contributed by atoms with E-state index < -0.39 is 6.10 Å². The van der Waals surface area contributed by atoms with Crippen molar-refractivity contribution in [3.8, 4) is 0 Å². The highest BCUT2D eigenvalue weighted by Gasteiger charge is 2.20. The fraction of sp³-hybridized carbons (Fsp3) is 0.846. The number of hydrogen-bond acceptors (Lipinski definition) is 3. The highest BCUT2D eigenvalue weighted by atomic mass is 35.5. The minimum Gasteiger partial charge on any atom is -0.389 e. The predicted molar refractivity (Wildman–Crippen MR) is 71.2 cm³/mol. The molecule has 3 atom stereocenters. The van der Waals surface area contributed by atoms with E-state index in [2.05, 4.69) is 18.8 Å². The van der Waals surface area contributed by atoms with Crippen LogP contribution < -0.4 is 5.32 Å². The summed E-state index contributed by atoms with van der Waals surface area (Å²) >= 11 is 5.61. The highest BCUT2D eigenvalue weighted by Crippen LogP contribution is 2.25. The lowest BCUT2D eigenvalue weighted by atomic mass is 9.89. The van der Waals surface area contributed by atoms with Crippen LogP contribution in [0.25, 0.3) is 0 Å². The van der Waals surface area contributed by atoms with Crippen molar-refractivity contribution in [2.45, 2.75) is 44.8 Å². The molecule has 0 radical (unpaired) electrons. The van der Waals surface area contributed by atoms with Crippen LogP contribution in [0.4, 0.5) is 0 Å². The van der Waals surface area contributed by atoms with Gasteiger partial charge in [-0.2, -0.15) is 0 Å². The molecular weight excluding hydrogens is 238 g/mol. The lowest BCUT2D eigenvalue weighted by Gasteiger charge is -2.27. The minimum atomic E-state index is -0.469. The second-order valence-electron chi connectivity index (χ2n) is 5.03. The summed E-state index contributed by atoms with van der Waals surface area (Å²) in [5.74, 6) is 0.753. The maximum Gasteiger partial charge on any atom is 0.0897 e. The summed E-state index contributed by atoms with van der Waals surface area (Å²) in [5, 5.41) is 13.3. The van der Waals surface area contributed by atoms with E-state index in [9.17, 15) is 5.11 Å². The molecule has 100 valence electrons. The zero-order chi connectivity index (χ0) is 12.7. The summed E-state index contributed by atoms with van der Waals surface area (Å²) in [6, 6.07) is 0. The second kappa shape index (κ2) is 8.09. The smallest absolute Gasteiger partial charge is 0.0897 e. The standard InChI is InChI=1S/C13H24ClNO2/c1-10-4-3-5-13(6-10)17-9-12(16)8-15-7-11(2)14/h10,12-13,15-16H,2-9H2,1H3. The Labute approximate surface area is 109 Å². The Bertz CT molecular complexity index is 235. The van der Waals surface area contributed by atoms with Crippen LogP contribution in [-0.4, -0.2) is 37.0 Å². The quantitative estimate of drug-likeness (QED) is 0.739. The van der Waals surface area contributed by atoms with Crippen molar-refractivity contribution in [3.63, 3.8) is 0 Å². The van der Waals surface area contributed by atoms with Gasteiger partial charge in [0.25, 0.3) is 0 Å². The lowest BCUT2D eigenvalue weighted by Crippen LogP contribution is -2.33. The molecule has 1 fully saturated rings. The fourth-order valence-electron chi connectivity index (χ4n) is 2.21. The summed E-state index contributed by atoms with van der Waals surface area (Å²) in [7, 11) is 0. The van der Waals surface area contributed by atoms with Gasteiger partial charge >= 0.3 is 0 Å². The number of rotatable bonds is 7. The van der Waals surface area contributed by atoms with Crippen molar-refractivity contribution in [2.75, 3.05) is 19.7 Å². The van der Waals surface area contributed by atoms with Gasteiger partial charge in [0.2, 0.25) is 0 Å². The third-order valence-corrected chi connectivity index (χ3v) is 3.24. The predicted octanol–water partition coefficient (Wildman–Crippen LogP) is 2.28. The first-order valence-corrected chi connectivity index (χ1v) is 6.79. The average molecular weight is 262 g/mol. The van der Waals surface area contributed by atoms with Crippen LogP contribution in [0.2, 0.25) is 0 Å². The van der Waals surface area contributed by atoms with E-state index in [1.807, 2.05) is 0 Å². The third-order valence-electron chi connectivity index (χ3n) is 3.11. The van der Waals surface area contributed by atoms with Gasteiger partial charge in [-0.3, -0.25) is 0 Å². The van der Waals surface area contributed by atoms with Gasteiger partial charge in [-0.05, 0) is 18.8 Å². The molecule has 1 aliphatic rings. The number of hydrogen-bond donors (Lipinski definition) is 2. The van der Waals surface area contributed by atoms with E-state index in [0.29, 0.717) is 30.8 Å². The van der Waals surface area contributed by atoms with E-state index in [0.717, 1.165) is 18.8 Å². The SMILES string of the molecule is C=C(Cl)CNCC(O)COC1CCCC(C)C1. The molecule has 0 spiro atoms. The summed E-state index contributed by atoms with van der Waals surface area (Å²) in [6.45, 7) is 7.26. The fourth-order valence-corrected chi connectivity index (χ4v) is 2.30. The summed E-state index contributed by atoms with van der Waals surface area (Å²) in [6.07, 6.45) is 4.66. The molecule has 0 amide bonds. The molecule has 0 heterocycles. The van der Waals surface area contributed by atoms with Crippen LogP contribution in [0.3, 0.4) is 0 Å². The number of aliphatic hydroxyl groups is 1. The van der Waals surface area contributed by atoms with E-state index in [1.54, 1.807) is 0 Å². The topological polar surface area (TPSA) is 41.5 Å². The summed E-state index contributed by atoms with van der Waals surface area (Å²) in [4.78, 5) is 0. The maximum atomic E-state index is 9.70. The van der Waals surface area contributed by atoms with Crippen molar-refractivity contribution >= 4 is 11.6 Å². The molecule has 1 aliphatic carbocycles. The van der Waals surface area contributed by atoms with E-state index in [1.165, 1.54) is 12.8 Å². The maximum absolute atomic E-state index is 9.70. The van der Waals surface area contributed by atoms with Crippen molar-refractivity contribution in [1.82, 2.24) is 5.32 Å². The Kier molecular flexibility index (Phi) is 7.12. The van der Waals surface area contributed by atoms with Gasteiger partial charge in [-0.1, -0.05) is 37.9 Å². The molecule has 0 aromatic rings. The van der Waals surface area contributed by atoms with Crippen LogP contribution in [0.15, 0.2) is 11.6 Å². The summed E-state index contributed by atoms with van der Waals surface area (Å²) in [5.41, 5.74) is 0. The molecule has 0 aliphatic heterocycles. The lowest BCUT2D eigenvalue weighted by molar-refractivity contribution is -0.0304. The van der Waals surface area contributed by atoms with Gasteiger partial charge in [0.05, 0.1) is 18.8 Å². The van der Waals surface area contributed by atoms with Gasteiger partial charge in [0, 0.05) is 18.1 Å². The molecule has 17 heavy (non-hydrogen) atoms. The molecule has 3 unspecified atom stereocenters. The molecule has 1 saturated carbocycles. The van der Waals surface area contributed by atoms with Crippen molar-refractivity contribution in [2.24, 2.45) is 5.92 Å². The first-order chi connectivity index (χ1) is 8.08. The Morgan fingerprint density at radius 1 is 1.59 bits per heavy atom. The van der Waals surface area contributed by atoms with E-state index >= 15 is 0 Å². The van der Waals surface area contributed by atoms with Crippen LogP contribution >= 0.6 is 11.6 Å². The van der Waals surface area contributed by atoms with E-state index in [-0.39, 0.29) is 0 Å². The molecule has 3 nitrogen and oxygen atoms in total. The van der Waals surface area contributed by atoms with Crippen LogP contribution in [0.5, 0.6) is 0 Å². The Hall–Kier alpha value is -0.0900. The van der Waals surface area contributed by atoms with Crippen LogP contribution in [0, 0.1) is 5.92 Å². The number of nitrogens with one attached hydrogen (secondary N) is 1. The third kappa shape index (κ3) is 7.04. The molecule has 2 N–H and O–H groups in total. The molecule has 0 saturated heterocycles. The largest absolute Gasteiger partial charge is 0.389 e. The number of ether oxygens (including phenoxy) is 1. The van der Waals surface area contributed by atoms with Gasteiger partial charge in [0.15, 0.2) is 0 Å². The second-order valence-corrected chi connectivity index (χ2v) is 5.56. The van der Waals surface area contributed by atoms with Crippen LogP contribution in [0.1, 0.15) is 32.6 Å². The highest BCUT2D eigenvalue weighted by molar-refractivity contribution is 6.29. The zero-order valence-corrected chi connectivity index (χ0v) is 11.4. The van der Waals surface area contributed by atoms with E-state index in [4.69, 9.17) is 16.3 Å². The molecule has 1 rings (SSSR count). The van der Waals surface area contributed by atoms with Crippen molar-refractivity contribution in [1.29, 1.82) is 0 Å². The van der Waals surface area contributed by atoms with Gasteiger partial charge in [-0.15, -0.1) is 0 Å². The first-order valence-electron chi connectivity index (χ1n) is 6.41. The van der Waals surface area contributed by atoms with Crippen LogP contribution in [-0.2, 0) is 4.74 Å². The normalized spacial score (nSPS) is 26.8. The summed E-state index contributed by atoms with van der Waals surface area (Å²) < 4.78 is 5.73. The van der Waals surface area contributed by atoms with Gasteiger partial charge < -0.3 is 15.2 Å². The first kappa shape index (κ1) is 15.0. The molecule has 0 aromatic heterocycles. The molecule has 4 heteroatoms. The number of halogens is 1. The van der Waals surface area contributed by atoms with Gasteiger partial charge in [0.1, 0.15) is 0 Å². The average Bonchev–Trinajstić information content (AvgIpc) is 2.26. The van der Waals surface area contributed by atoms with Crippen molar-refractivity contribution in [3.05, 3.63) is 11.6 Å².